The molecule has 0 spiro atoms. The lowest BCUT2D eigenvalue weighted by Gasteiger charge is -2.25. The first-order valence-corrected chi connectivity index (χ1v) is 6.84. The fraction of sp³-hybridized carbons (Fsp3) is 0.571. The van der Waals surface area contributed by atoms with Crippen LogP contribution in [0.25, 0.3) is 0 Å². The van der Waals surface area contributed by atoms with Crippen LogP contribution in [0.5, 0.6) is 0 Å². The van der Waals surface area contributed by atoms with Crippen LogP contribution in [0.2, 0.25) is 5.15 Å². The number of pyridine rings is 1. The molecule has 100 valence electrons. The highest BCUT2D eigenvalue weighted by molar-refractivity contribution is 6.29. The van der Waals surface area contributed by atoms with Gasteiger partial charge in [-0.2, -0.15) is 0 Å². The summed E-state index contributed by atoms with van der Waals surface area (Å²) in [6.45, 7) is 8.78. The minimum Gasteiger partial charge on any atom is -0.336 e. The molecule has 0 aliphatic heterocycles. The Bertz CT molecular complexity index is 418. The predicted octanol–water partition coefficient (Wildman–Crippen LogP) is 3.56. The van der Waals surface area contributed by atoms with Crippen LogP contribution in [0.15, 0.2) is 12.1 Å². The molecule has 1 aromatic rings. The van der Waals surface area contributed by atoms with Gasteiger partial charge in [-0.05, 0) is 39.3 Å². The Balaban J connectivity index is 3.04. The fourth-order valence-corrected chi connectivity index (χ4v) is 2.19. The zero-order valence-corrected chi connectivity index (χ0v) is 12.3. The molecule has 1 heterocycles. The highest BCUT2D eigenvalue weighted by atomic mass is 35.5. The molecular weight excluding hydrogens is 248 g/mol. The van der Waals surface area contributed by atoms with Gasteiger partial charge in [0.25, 0.3) is 5.91 Å². The molecule has 0 N–H and O–H groups in total. The van der Waals surface area contributed by atoms with Gasteiger partial charge in [0, 0.05) is 23.8 Å². The van der Waals surface area contributed by atoms with Gasteiger partial charge in [-0.15, -0.1) is 0 Å². The Morgan fingerprint density at radius 3 is 2.56 bits per heavy atom. The van der Waals surface area contributed by atoms with Gasteiger partial charge in [0.15, 0.2) is 0 Å². The van der Waals surface area contributed by atoms with E-state index in [1.54, 1.807) is 6.07 Å². The van der Waals surface area contributed by atoms with Crippen LogP contribution in [-0.2, 0) is 6.42 Å². The maximum Gasteiger partial charge on any atom is 0.254 e. The highest BCUT2D eigenvalue weighted by Crippen LogP contribution is 2.15. The molecule has 0 radical (unpaired) electrons. The number of halogens is 1. The van der Waals surface area contributed by atoms with E-state index in [-0.39, 0.29) is 11.9 Å². The van der Waals surface area contributed by atoms with Crippen molar-refractivity contribution in [3.8, 4) is 0 Å². The molecule has 18 heavy (non-hydrogen) atoms. The van der Waals surface area contributed by atoms with Gasteiger partial charge in [0.2, 0.25) is 0 Å². The SMILES string of the molecule is CCCc1cc(C(=O)N(CC)C(C)C)cc(Cl)n1. The smallest absolute Gasteiger partial charge is 0.254 e. The van der Waals surface area contributed by atoms with Crippen molar-refractivity contribution in [2.24, 2.45) is 0 Å². The second-order valence-electron chi connectivity index (χ2n) is 4.60. The predicted molar refractivity (Wildman–Crippen MR) is 75.1 cm³/mol. The molecule has 0 saturated heterocycles. The zero-order valence-electron chi connectivity index (χ0n) is 11.5. The van der Waals surface area contributed by atoms with Gasteiger partial charge in [-0.3, -0.25) is 4.79 Å². The van der Waals surface area contributed by atoms with E-state index in [0.717, 1.165) is 18.5 Å². The number of nitrogens with zero attached hydrogens (tertiary/aromatic N) is 2. The molecule has 0 fully saturated rings. The minimum atomic E-state index is 0.0224. The normalized spacial score (nSPS) is 10.8. The summed E-state index contributed by atoms with van der Waals surface area (Å²) < 4.78 is 0. The van der Waals surface area contributed by atoms with Crippen molar-refractivity contribution in [3.63, 3.8) is 0 Å². The van der Waals surface area contributed by atoms with E-state index in [0.29, 0.717) is 17.3 Å². The van der Waals surface area contributed by atoms with Crippen LogP contribution < -0.4 is 0 Å². The first kappa shape index (κ1) is 15.0. The molecular formula is C14H21ClN2O. The maximum absolute atomic E-state index is 12.4. The quantitative estimate of drug-likeness (QED) is 0.765. The largest absolute Gasteiger partial charge is 0.336 e. The second-order valence-corrected chi connectivity index (χ2v) is 4.99. The number of hydrogen-bond acceptors (Lipinski definition) is 2. The average Bonchev–Trinajstić information content (AvgIpc) is 2.28. The number of aryl methyl sites for hydroxylation is 1. The lowest BCUT2D eigenvalue weighted by molar-refractivity contribution is 0.0716. The Labute approximate surface area is 114 Å². The summed E-state index contributed by atoms with van der Waals surface area (Å²) in [7, 11) is 0. The molecule has 0 bridgehead atoms. The van der Waals surface area contributed by atoms with Gasteiger partial charge < -0.3 is 4.90 Å². The van der Waals surface area contributed by atoms with Crippen LogP contribution in [0.4, 0.5) is 0 Å². The lowest BCUT2D eigenvalue weighted by Crippen LogP contribution is -2.36. The van der Waals surface area contributed by atoms with Crippen molar-refractivity contribution in [2.45, 2.75) is 46.6 Å². The van der Waals surface area contributed by atoms with E-state index in [9.17, 15) is 4.79 Å². The van der Waals surface area contributed by atoms with E-state index in [4.69, 9.17) is 11.6 Å². The third-order valence-corrected chi connectivity index (χ3v) is 3.02. The number of carbonyl (C=O) groups excluding carboxylic acids is 1. The van der Waals surface area contributed by atoms with Crippen molar-refractivity contribution < 1.29 is 4.79 Å². The second kappa shape index (κ2) is 6.74. The molecule has 1 rings (SSSR count). The lowest BCUT2D eigenvalue weighted by atomic mass is 10.1. The Kier molecular flexibility index (Phi) is 5.60. The molecule has 1 amide bonds. The summed E-state index contributed by atoms with van der Waals surface area (Å²) in [6, 6.07) is 3.68. The highest BCUT2D eigenvalue weighted by Gasteiger charge is 2.18. The maximum atomic E-state index is 12.4. The molecule has 0 aliphatic rings. The summed E-state index contributed by atoms with van der Waals surface area (Å²) in [5.41, 5.74) is 1.52. The van der Waals surface area contributed by atoms with Gasteiger partial charge >= 0.3 is 0 Å². The molecule has 1 aromatic heterocycles. The zero-order chi connectivity index (χ0) is 13.7. The number of rotatable bonds is 5. The standard InChI is InChI=1S/C14H21ClN2O/c1-5-7-12-8-11(9-13(15)16-12)14(18)17(6-2)10(3)4/h8-10H,5-7H2,1-4H3. The third-order valence-electron chi connectivity index (χ3n) is 2.83. The molecule has 0 aromatic carbocycles. The Morgan fingerprint density at radius 1 is 1.39 bits per heavy atom. The van der Waals surface area contributed by atoms with Crippen molar-refractivity contribution >= 4 is 17.5 Å². The summed E-state index contributed by atoms with van der Waals surface area (Å²) in [4.78, 5) is 18.4. The number of amides is 1. The van der Waals surface area contributed by atoms with Crippen molar-refractivity contribution in [1.29, 1.82) is 0 Å². The van der Waals surface area contributed by atoms with E-state index in [1.165, 1.54) is 0 Å². The van der Waals surface area contributed by atoms with E-state index < -0.39 is 0 Å². The first-order valence-electron chi connectivity index (χ1n) is 6.47. The fourth-order valence-electron chi connectivity index (χ4n) is 1.97. The van der Waals surface area contributed by atoms with E-state index in [1.807, 2.05) is 31.7 Å². The van der Waals surface area contributed by atoms with E-state index >= 15 is 0 Å². The van der Waals surface area contributed by atoms with Crippen LogP contribution in [0, 0.1) is 0 Å². The van der Waals surface area contributed by atoms with Crippen LogP contribution in [0.1, 0.15) is 50.2 Å². The summed E-state index contributed by atoms with van der Waals surface area (Å²) in [6.07, 6.45) is 1.83. The van der Waals surface area contributed by atoms with Gasteiger partial charge in [0.1, 0.15) is 5.15 Å². The van der Waals surface area contributed by atoms with Crippen molar-refractivity contribution in [3.05, 3.63) is 28.5 Å². The number of hydrogen-bond donors (Lipinski definition) is 0. The number of carbonyl (C=O) groups is 1. The van der Waals surface area contributed by atoms with Gasteiger partial charge in [-0.25, -0.2) is 4.98 Å². The molecule has 0 aliphatic carbocycles. The summed E-state index contributed by atoms with van der Waals surface area (Å²) in [5.74, 6) is 0.0224. The molecule has 0 unspecified atom stereocenters. The molecule has 0 atom stereocenters. The molecule has 0 saturated carbocycles. The molecule has 4 heteroatoms. The van der Waals surface area contributed by atoms with Gasteiger partial charge in [-0.1, -0.05) is 24.9 Å². The van der Waals surface area contributed by atoms with Crippen LogP contribution in [-0.4, -0.2) is 28.4 Å². The summed E-state index contributed by atoms with van der Waals surface area (Å²) in [5, 5.41) is 0.393. The monoisotopic (exact) mass is 268 g/mol. The van der Waals surface area contributed by atoms with Crippen molar-refractivity contribution in [1.82, 2.24) is 9.88 Å². The average molecular weight is 269 g/mol. The van der Waals surface area contributed by atoms with Crippen molar-refractivity contribution in [2.75, 3.05) is 6.54 Å². The Hall–Kier alpha value is -1.09. The van der Waals surface area contributed by atoms with E-state index in [2.05, 4.69) is 11.9 Å². The minimum absolute atomic E-state index is 0.0224. The summed E-state index contributed by atoms with van der Waals surface area (Å²) >= 11 is 5.98. The van der Waals surface area contributed by atoms with Crippen LogP contribution >= 0.6 is 11.6 Å². The topological polar surface area (TPSA) is 33.2 Å². The first-order chi connectivity index (χ1) is 8.49. The van der Waals surface area contributed by atoms with Crippen LogP contribution in [0.3, 0.4) is 0 Å². The third kappa shape index (κ3) is 3.70. The Morgan fingerprint density at radius 2 is 2.06 bits per heavy atom. The molecule has 3 nitrogen and oxygen atoms in total. The van der Waals surface area contributed by atoms with Gasteiger partial charge in [0.05, 0.1) is 0 Å². The number of aromatic nitrogens is 1.